The van der Waals surface area contributed by atoms with Crippen LogP contribution in [0, 0.1) is 11.3 Å². The third-order valence-electron chi connectivity index (χ3n) is 2.75. The van der Waals surface area contributed by atoms with E-state index in [-0.39, 0.29) is 12.5 Å². The predicted octanol–water partition coefficient (Wildman–Crippen LogP) is 1.32. The number of nitriles is 1. The molecule has 0 spiro atoms. The Bertz CT molecular complexity index is 241. The van der Waals surface area contributed by atoms with Crippen molar-refractivity contribution >= 4 is 5.97 Å². The average molecular weight is 210 g/mol. The van der Waals surface area contributed by atoms with Crippen LogP contribution in [0.4, 0.5) is 0 Å². The third-order valence-corrected chi connectivity index (χ3v) is 2.75. The summed E-state index contributed by atoms with van der Waals surface area (Å²) in [6.45, 7) is 2.78. The quantitative estimate of drug-likeness (QED) is 0.507. The van der Waals surface area contributed by atoms with Crippen LogP contribution in [-0.2, 0) is 9.53 Å². The molecule has 0 amide bonds. The molecule has 1 aliphatic carbocycles. The first kappa shape index (κ1) is 12.0. The lowest BCUT2D eigenvalue weighted by Gasteiger charge is -2.24. The lowest BCUT2D eigenvalue weighted by Crippen LogP contribution is -2.38. The van der Waals surface area contributed by atoms with E-state index in [4.69, 9.17) is 10.00 Å². The van der Waals surface area contributed by atoms with Gasteiger partial charge in [-0.05, 0) is 19.8 Å². The Hall–Kier alpha value is -1.08. The minimum Gasteiger partial charge on any atom is -0.465 e. The first-order chi connectivity index (χ1) is 7.27. The van der Waals surface area contributed by atoms with Crippen molar-refractivity contribution in [1.29, 1.82) is 5.26 Å². The van der Waals surface area contributed by atoms with E-state index >= 15 is 0 Å². The van der Waals surface area contributed by atoms with Crippen LogP contribution in [0.25, 0.3) is 0 Å². The number of hydrogen-bond donors (Lipinski definition) is 0. The van der Waals surface area contributed by atoms with Crippen LogP contribution in [0.5, 0.6) is 0 Å². The SMILES string of the molecule is CCOC(=O)CN(CC#N)C1CCCC1. The van der Waals surface area contributed by atoms with E-state index in [1.54, 1.807) is 6.92 Å². The second-order valence-electron chi connectivity index (χ2n) is 3.81. The minimum atomic E-state index is -0.223. The molecule has 0 aromatic carbocycles. The summed E-state index contributed by atoms with van der Waals surface area (Å²) in [5.74, 6) is -0.223. The van der Waals surface area contributed by atoms with Gasteiger partial charge in [0.1, 0.15) is 0 Å². The van der Waals surface area contributed by atoms with Gasteiger partial charge in [0.05, 0.1) is 25.8 Å². The van der Waals surface area contributed by atoms with Crippen LogP contribution < -0.4 is 0 Å². The summed E-state index contributed by atoms with van der Waals surface area (Å²) < 4.78 is 4.89. The summed E-state index contributed by atoms with van der Waals surface area (Å²) in [6.07, 6.45) is 4.60. The predicted molar refractivity (Wildman–Crippen MR) is 56.1 cm³/mol. The number of nitrogens with zero attached hydrogens (tertiary/aromatic N) is 2. The van der Waals surface area contributed by atoms with Crippen LogP contribution in [0.2, 0.25) is 0 Å². The molecule has 0 saturated heterocycles. The maximum absolute atomic E-state index is 11.3. The smallest absolute Gasteiger partial charge is 0.320 e. The van der Waals surface area contributed by atoms with Crippen molar-refractivity contribution < 1.29 is 9.53 Å². The highest BCUT2D eigenvalue weighted by atomic mass is 16.5. The van der Waals surface area contributed by atoms with Gasteiger partial charge in [-0.25, -0.2) is 0 Å². The van der Waals surface area contributed by atoms with E-state index in [1.165, 1.54) is 12.8 Å². The third kappa shape index (κ3) is 3.88. The summed E-state index contributed by atoms with van der Waals surface area (Å²) in [6, 6.07) is 2.51. The van der Waals surface area contributed by atoms with Crippen molar-refractivity contribution in [2.24, 2.45) is 0 Å². The number of esters is 1. The van der Waals surface area contributed by atoms with Crippen LogP contribution in [-0.4, -0.2) is 36.6 Å². The Labute approximate surface area is 90.8 Å². The van der Waals surface area contributed by atoms with Gasteiger partial charge in [0.15, 0.2) is 0 Å². The number of rotatable bonds is 5. The first-order valence-corrected chi connectivity index (χ1v) is 5.54. The van der Waals surface area contributed by atoms with Crippen LogP contribution in [0.3, 0.4) is 0 Å². The average Bonchev–Trinajstić information content (AvgIpc) is 2.70. The molecular weight excluding hydrogens is 192 g/mol. The van der Waals surface area contributed by atoms with Crippen LogP contribution >= 0.6 is 0 Å². The molecule has 0 aliphatic heterocycles. The first-order valence-electron chi connectivity index (χ1n) is 5.54. The molecule has 0 aromatic rings. The molecule has 0 heterocycles. The van der Waals surface area contributed by atoms with Crippen molar-refractivity contribution in [3.8, 4) is 6.07 Å². The Morgan fingerprint density at radius 1 is 1.53 bits per heavy atom. The van der Waals surface area contributed by atoms with E-state index in [0.29, 0.717) is 19.2 Å². The number of carbonyl (C=O) groups is 1. The summed E-state index contributed by atoms with van der Waals surface area (Å²) in [5, 5.41) is 8.70. The van der Waals surface area contributed by atoms with E-state index in [9.17, 15) is 4.79 Å². The summed E-state index contributed by atoms with van der Waals surface area (Å²) >= 11 is 0. The van der Waals surface area contributed by atoms with E-state index in [0.717, 1.165) is 12.8 Å². The number of ether oxygens (including phenoxy) is 1. The maximum atomic E-state index is 11.3. The van der Waals surface area contributed by atoms with Gasteiger partial charge in [0, 0.05) is 6.04 Å². The molecule has 0 aromatic heterocycles. The Balaban J connectivity index is 2.42. The van der Waals surface area contributed by atoms with E-state index in [2.05, 4.69) is 6.07 Å². The van der Waals surface area contributed by atoms with Crippen molar-refractivity contribution in [2.45, 2.75) is 38.6 Å². The molecule has 4 nitrogen and oxygen atoms in total. The second-order valence-corrected chi connectivity index (χ2v) is 3.81. The van der Waals surface area contributed by atoms with Gasteiger partial charge in [-0.15, -0.1) is 0 Å². The molecule has 0 radical (unpaired) electrons. The molecule has 1 aliphatic rings. The fourth-order valence-electron chi connectivity index (χ4n) is 2.05. The summed E-state index contributed by atoms with van der Waals surface area (Å²) in [7, 11) is 0. The Morgan fingerprint density at radius 3 is 2.73 bits per heavy atom. The van der Waals surface area contributed by atoms with E-state index in [1.807, 2.05) is 4.90 Å². The van der Waals surface area contributed by atoms with Crippen molar-refractivity contribution in [2.75, 3.05) is 19.7 Å². The van der Waals surface area contributed by atoms with Crippen LogP contribution in [0.1, 0.15) is 32.6 Å². The molecule has 15 heavy (non-hydrogen) atoms. The largest absolute Gasteiger partial charge is 0.465 e. The van der Waals surface area contributed by atoms with Crippen molar-refractivity contribution in [3.05, 3.63) is 0 Å². The molecule has 1 fully saturated rings. The van der Waals surface area contributed by atoms with E-state index < -0.39 is 0 Å². The van der Waals surface area contributed by atoms with Gasteiger partial charge in [-0.3, -0.25) is 9.69 Å². The molecule has 1 rings (SSSR count). The fourth-order valence-corrected chi connectivity index (χ4v) is 2.05. The molecule has 1 saturated carbocycles. The molecule has 4 heteroatoms. The Morgan fingerprint density at radius 2 is 2.20 bits per heavy atom. The zero-order valence-corrected chi connectivity index (χ0v) is 9.24. The number of carbonyl (C=O) groups excluding carboxylic acids is 1. The zero-order valence-electron chi connectivity index (χ0n) is 9.24. The van der Waals surface area contributed by atoms with Gasteiger partial charge in [0.2, 0.25) is 0 Å². The molecular formula is C11H18N2O2. The normalized spacial score (nSPS) is 16.6. The van der Waals surface area contributed by atoms with Gasteiger partial charge in [-0.1, -0.05) is 12.8 Å². The van der Waals surface area contributed by atoms with Gasteiger partial charge in [0.25, 0.3) is 0 Å². The molecule has 0 bridgehead atoms. The summed E-state index contributed by atoms with van der Waals surface area (Å²) in [4.78, 5) is 13.2. The summed E-state index contributed by atoms with van der Waals surface area (Å²) in [5.41, 5.74) is 0. The minimum absolute atomic E-state index is 0.223. The van der Waals surface area contributed by atoms with Gasteiger partial charge >= 0.3 is 5.97 Å². The van der Waals surface area contributed by atoms with Crippen molar-refractivity contribution in [3.63, 3.8) is 0 Å². The lowest BCUT2D eigenvalue weighted by molar-refractivity contribution is -0.144. The highest BCUT2D eigenvalue weighted by molar-refractivity contribution is 5.71. The van der Waals surface area contributed by atoms with Gasteiger partial charge in [-0.2, -0.15) is 5.26 Å². The standard InChI is InChI=1S/C11H18N2O2/c1-2-15-11(14)9-13(8-7-12)10-5-3-4-6-10/h10H,2-6,8-9H2,1H3. The highest BCUT2D eigenvalue weighted by Crippen LogP contribution is 2.22. The van der Waals surface area contributed by atoms with Crippen molar-refractivity contribution in [1.82, 2.24) is 4.90 Å². The maximum Gasteiger partial charge on any atom is 0.320 e. The Kier molecular flexibility index (Phi) is 5.13. The highest BCUT2D eigenvalue weighted by Gasteiger charge is 2.24. The lowest BCUT2D eigenvalue weighted by atomic mass is 10.2. The van der Waals surface area contributed by atoms with Gasteiger partial charge < -0.3 is 4.74 Å². The molecule has 84 valence electrons. The zero-order chi connectivity index (χ0) is 11.1. The monoisotopic (exact) mass is 210 g/mol. The second kappa shape index (κ2) is 6.41. The number of hydrogen-bond acceptors (Lipinski definition) is 4. The fraction of sp³-hybridized carbons (Fsp3) is 0.818. The van der Waals surface area contributed by atoms with Crippen LogP contribution in [0.15, 0.2) is 0 Å². The molecule has 0 N–H and O–H groups in total. The molecule has 0 atom stereocenters. The topological polar surface area (TPSA) is 53.3 Å². The molecule has 0 unspecified atom stereocenters.